The van der Waals surface area contributed by atoms with Crippen LogP contribution in [0.1, 0.15) is 35.6 Å². The Balaban J connectivity index is 1.67. The van der Waals surface area contributed by atoms with Crippen molar-refractivity contribution in [3.63, 3.8) is 0 Å². The van der Waals surface area contributed by atoms with Crippen LogP contribution in [-0.4, -0.2) is 25.8 Å². The molecule has 0 fully saturated rings. The minimum absolute atomic E-state index is 0.00859. The highest BCUT2D eigenvalue weighted by Crippen LogP contribution is 2.30. The number of benzene rings is 2. The fourth-order valence-corrected chi connectivity index (χ4v) is 4.95. The van der Waals surface area contributed by atoms with E-state index >= 15 is 0 Å². The summed E-state index contributed by atoms with van der Waals surface area (Å²) in [6.07, 6.45) is 0.694. The monoisotopic (exact) mass is 418 g/mol. The van der Waals surface area contributed by atoms with Gasteiger partial charge >= 0.3 is 0 Å². The number of pyridine rings is 1. The first-order chi connectivity index (χ1) is 14.4. The van der Waals surface area contributed by atoms with E-state index in [-0.39, 0.29) is 11.2 Å². The van der Waals surface area contributed by atoms with Crippen LogP contribution in [0.4, 0.5) is 5.69 Å². The average Bonchev–Trinajstić information content (AvgIpc) is 3.11. The first-order valence-corrected chi connectivity index (χ1v) is 11.1. The Kier molecular flexibility index (Phi) is 5.52. The predicted molar refractivity (Wildman–Crippen MR) is 124 cm³/mol. The largest absolute Gasteiger partial charge is 0.325 e. The maximum Gasteiger partial charge on any atom is 0.237 e. The summed E-state index contributed by atoms with van der Waals surface area (Å²) in [7, 11) is 0. The molecular formula is C24H26N4OS. The fourth-order valence-electron chi connectivity index (χ4n) is 3.98. The molecule has 0 aliphatic heterocycles. The lowest BCUT2D eigenvalue weighted by Crippen LogP contribution is -2.25. The van der Waals surface area contributed by atoms with Crippen molar-refractivity contribution in [2.24, 2.45) is 0 Å². The van der Waals surface area contributed by atoms with Crippen LogP contribution >= 0.6 is 11.8 Å². The first-order valence-electron chi connectivity index (χ1n) is 10.2. The molecule has 0 bridgehead atoms. The van der Waals surface area contributed by atoms with Gasteiger partial charge in [0.05, 0.1) is 10.8 Å². The zero-order valence-corrected chi connectivity index (χ0v) is 18.8. The van der Waals surface area contributed by atoms with Crippen molar-refractivity contribution in [2.75, 3.05) is 5.32 Å². The van der Waals surface area contributed by atoms with Crippen molar-refractivity contribution in [1.82, 2.24) is 14.6 Å². The highest BCUT2D eigenvalue weighted by Gasteiger charge is 2.23. The molecule has 2 aromatic carbocycles. The van der Waals surface area contributed by atoms with Crippen LogP contribution in [0.2, 0.25) is 0 Å². The number of amides is 1. The number of carbonyl (C=O) groups is 1. The molecule has 5 nitrogen and oxygen atoms in total. The van der Waals surface area contributed by atoms with Gasteiger partial charge in [0.1, 0.15) is 0 Å². The summed E-state index contributed by atoms with van der Waals surface area (Å²) >= 11 is 1.47. The number of hydrogen-bond acceptors (Lipinski definition) is 4. The van der Waals surface area contributed by atoms with Crippen LogP contribution in [0, 0.1) is 27.7 Å². The lowest BCUT2D eigenvalue weighted by atomic mass is 10.0. The summed E-state index contributed by atoms with van der Waals surface area (Å²) in [5.41, 5.74) is 7.27. The summed E-state index contributed by atoms with van der Waals surface area (Å²) in [6.45, 7) is 10.2. The number of aryl methyl sites for hydroxylation is 4. The van der Waals surface area contributed by atoms with Gasteiger partial charge in [0, 0.05) is 11.1 Å². The van der Waals surface area contributed by atoms with Gasteiger partial charge in [-0.2, -0.15) is 0 Å². The number of rotatable bonds is 5. The van der Waals surface area contributed by atoms with Gasteiger partial charge in [-0.3, -0.25) is 9.20 Å². The standard InChI is InChI=1S/C24H26N4OS/c1-6-20(23(29)25-22-16(4)11-14(2)12-17(22)5)30-24-27-26-21-13-15(3)18-9-7-8-10-19(18)28(21)24/h7-13,20H,6H2,1-5H3,(H,25,29). The third-order valence-electron chi connectivity index (χ3n) is 5.41. The number of para-hydroxylation sites is 1. The molecule has 1 atom stereocenters. The highest BCUT2D eigenvalue weighted by molar-refractivity contribution is 8.00. The minimum atomic E-state index is -0.266. The molecule has 6 heteroatoms. The lowest BCUT2D eigenvalue weighted by Gasteiger charge is -2.17. The molecular weight excluding hydrogens is 392 g/mol. The van der Waals surface area contributed by atoms with Gasteiger partial charge in [-0.25, -0.2) is 0 Å². The summed E-state index contributed by atoms with van der Waals surface area (Å²) < 4.78 is 2.05. The van der Waals surface area contributed by atoms with Crippen molar-refractivity contribution in [1.29, 1.82) is 0 Å². The van der Waals surface area contributed by atoms with Crippen molar-refractivity contribution in [3.05, 3.63) is 64.7 Å². The lowest BCUT2D eigenvalue weighted by molar-refractivity contribution is -0.115. The van der Waals surface area contributed by atoms with E-state index in [1.54, 1.807) is 0 Å². The third-order valence-corrected chi connectivity index (χ3v) is 6.72. The van der Waals surface area contributed by atoms with Gasteiger partial charge in [0.2, 0.25) is 5.91 Å². The van der Waals surface area contributed by atoms with Gasteiger partial charge in [-0.15, -0.1) is 10.2 Å². The summed E-state index contributed by atoms with van der Waals surface area (Å²) in [5, 5.41) is 13.5. The number of nitrogens with zero attached hydrogens (tertiary/aromatic N) is 3. The zero-order chi connectivity index (χ0) is 21.4. The van der Waals surface area contributed by atoms with E-state index in [9.17, 15) is 4.79 Å². The van der Waals surface area contributed by atoms with Gasteiger partial charge in [0.15, 0.2) is 10.8 Å². The Morgan fingerprint density at radius 2 is 1.73 bits per heavy atom. The van der Waals surface area contributed by atoms with E-state index < -0.39 is 0 Å². The molecule has 4 aromatic rings. The molecule has 0 saturated carbocycles. The van der Waals surface area contributed by atoms with Gasteiger partial charge in [-0.05, 0) is 62.9 Å². The van der Waals surface area contributed by atoms with Crippen LogP contribution in [0.25, 0.3) is 16.6 Å². The summed E-state index contributed by atoms with van der Waals surface area (Å²) in [4.78, 5) is 13.1. The molecule has 154 valence electrons. The van der Waals surface area contributed by atoms with E-state index in [1.165, 1.54) is 17.3 Å². The quantitative estimate of drug-likeness (QED) is 0.427. The van der Waals surface area contributed by atoms with E-state index in [4.69, 9.17) is 0 Å². The molecule has 0 radical (unpaired) electrons. The van der Waals surface area contributed by atoms with Crippen LogP contribution in [-0.2, 0) is 4.79 Å². The van der Waals surface area contributed by atoms with E-state index in [1.807, 2.05) is 43.4 Å². The maximum absolute atomic E-state index is 13.1. The van der Waals surface area contributed by atoms with Crippen molar-refractivity contribution >= 4 is 39.9 Å². The van der Waals surface area contributed by atoms with Crippen molar-refractivity contribution in [3.8, 4) is 0 Å². The molecule has 2 heterocycles. The van der Waals surface area contributed by atoms with Crippen LogP contribution in [0.5, 0.6) is 0 Å². The topological polar surface area (TPSA) is 59.3 Å². The van der Waals surface area contributed by atoms with Crippen LogP contribution in [0.3, 0.4) is 0 Å². The van der Waals surface area contributed by atoms with Gasteiger partial charge in [-0.1, -0.05) is 54.6 Å². The molecule has 0 aliphatic carbocycles. The number of anilines is 1. The Labute approximate surface area is 180 Å². The Hall–Kier alpha value is -2.86. The Morgan fingerprint density at radius 3 is 2.43 bits per heavy atom. The number of aromatic nitrogens is 3. The molecule has 30 heavy (non-hydrogen) atoms. The van der Waals surface area contributed by atoms with Gasteiger partial charge in [0.25, 0.3) is 0 Å². The summed E-state index contributed by atoms with van der Waals surface area (Å²) in [6, 6.07) is 14.5. The molecule has 1 amide bonds. The molecule has 2 aromatic heterocycles. The minimum Gasteiger partial charge on any atom is -0.325 e. The Morgan fingerprint density at radius 1 is 1.03 bits per heavy atom. The molecule has 1 N–H and O–H groups in total. The molecule has 0 saturated heterocycles. The number of thioether (sulfide) groups is 1. The molecule has 1 unspecified atom stereocenters. The second-order valence-corrected chi connectivity index (χ2v) is 8.97. The van der Waals surface area contributed by atoms with Crippen molar-refractivity contribution < 1.29 is 4.79 Å². The highest BCUT2D eigenvalue weighted by atomic mass is 32.2. The maximum atomic E-state index is 13.1. The van der Waals surface area contributed by atoms with Crippen LogP contribution in [0.15, 0.2) is 47.6 Å². The number of hydrogen-bond donors (Lipinski definition) is 1. The molecule has 0 spiro atoms. The Bertz CT molecular complexity index is 1240. The van der Waals surface area contributed by atoms with E-state index in [0.717, 1.165) is 44.1 Å². The number of nitrogens with one attached hydrogen (secondary N) is 1. The normalized spacial score (nSPS) is 12.4. The third kappa shape index (κ3) is 3.67. The first kappa shape index (κ1) is 20.4. The van der Waals surface area contributed by atoms with Crippen LogP contribution < -0.4 is 5.32 Å². The van der Waals surface area contributed by atoms with E-state index in [2.05, 4.69) is 53.6 Å². The van der Waals surface area contributed by atoms with E-state index in [0.29, 0.717) is 6.42 Å². The smallest absolute Gasteiger partial charge is 0.237 e. The van der Waals surface area contributed by atoms with Gasteiger partial charge < -0.3 is 5.32 Å². The fraction of sp³-hybridized carbons (Fsp3) is 0.292. The summed E-state index contributed by atoms with van der Waals surface area (Å²) in [5.74, 6) is -0.00859. The predicted octanol–water partition coefficient (Wildman–Crippen LogP) is 5.63. The van der Waals surface area contributed by atoms with Crippen molar-refractivity contribution in [2.45, 2.75) is 51.4 Å². The molecule has 4 rings (SSSR count). The second kappa shape index (κ2) is 8.11. The number of fused-ring (bicyclic) bond motifs is 3. The zero-order valence-electron chi connectivity index (χ0n) is 18.0. The second-order valence-electron chi connectivity index (χ2n) is 7.80. The number of carbonyl (C=O) groups excluding carboxylic acids is 1. The molecule has 0 aliphatic rings. The average molecular weight is 419 g/mol. The SMILES string of the molecule is CCC(Sc1nnc2cc(C)c3ccccc3n12)C(=O)Nc1c(C)cc(C)cc1C.